The zero-order chi connectivity index (χ0) is 21.5. The van der Waals surface area contributed by atoms with Gasteiger partial charge in [-0.25, -0.2) is 4.79 Å². The molecule has 6 fully saturated rings. The lowest BCUT2D eigenvalue weighted by Crippen LogP contribution is -2.66. The van der Waals surface area contributed by atoms with Crippen LogP contribution in [0.4, 0.5) is 4.79 Å². The number of nitriles is 1. The number of fused-ring (bicyclic) bond motifs is 1. The summed E-state index contributed by atoms with van der Waals surface area (Å²) in [6.07, 6.45) is 6.02. The Morgan fingerprint density at radius 1 is 1.17 bits per heavy atom. The number of rotatable bonds is 3. The molecule has 7 heteroatoms. The smallest absolute Gasteiger partial charge is 0.408 e. The van der Waals surface area contributed by atoms with Gasteiger partial charge in [-0.05, 0) is 89.9 Å². The predicted octanol–water partition coefficient (Wildman–Crippen LogP) is 2.72. The molecule has 0 radical (unpaired) electrons. The molecule has 6 rings (SSSR count). The van der Waals surface area contributed by atoms with Gasteiger partial charge in [0.05, 0.1) is 11.7 Å². The summed E-state index contributed by atoms with van der Waals surface area (Å²) < 4.78 is 5.51. The van der Waals surface area contributed by atoms with Crippen molar-refractivity contribution < 1.29 is 19.4 Å². The molecular formula is C23H33N3O4. The van der Waals surface area contributed by atoms with Crippen LogP contribution in [0.5, 0.6) is 0 Å². The molecule has 1 heterocycles. The number of hydrogen-bond acceptors (Lipinski definition) is 5. The fourth-order valence-electron chi connectivity index (χ4n) is 7.56. The highest BCUT2D eigenvalue weighted by atomic mass is 16.6. The molecule has 5 aliphatic carbocycles. The maximum atomic E-state index is 13.9. The van der Waals surface area contributed by atoms with Crippen LogP contribution in [0.15, 0.2) is 0 Å². The number of likely N-dealkylation sites (tertiary alicyclic amines) is 1. The molecule has 0 aromatic rings. The maximum absolute atomic E-state index is 13.9. The number of hydrogen-bond donors (Lipinski definition) is 2. The SMILES string of the molecule is CC(C)(C)OC(=O)N[C@H](C(=O)N1[C@H](C#N)C[C@@H]2C[C@@H]21)C12C[C@@H]3C[C@@H](CC(O)(C3)C1)C2. The number of carbonyl (C=O) groups is 2. The molecule has 2 amide bonds. The van der Waals surface area contributed by atoms with Crippen molar-refractivity contribution in [3.8, 4) is 6.07 Å². The lowest BCUT2D eigenvalue weighted by molar-refractivity contribution is -0.180. The van der Waals surface area contributed by atoms with E-state index in [0.717, 1.165) is 44.9 Å². The van der Waals surface area contributed by atoms with E-state index >= 15 is 0 Å². The van der Waals surface area contributed by atoms with Crippen molar-refractivity contribution in [1.82, 2.24) is 10.2 Å². The molecule has 0 aromatic carbocycles. The van der Waals surface area contributed by atoms with Crippen LogP contribution in [0.2, 0.25) is 0 Å². The van der Waals surface area contributed by atoms with E-state index in [4.69, 9.17) is 4.74 Å². The lowest BCUT2D eigenvalue weighted by atomic mass is 9.46. The first kappa shape index (κ1) is 20.1. The Bertz CT molecular complexity index is 798. The van der Waals surface area contributed by atoms with Crippen LogP contribution >= 0.6 is 0 Å². The van der Waals surface area contributed by atoms with Gasteiger partial charge < -0.3 is 20.1 Å². The van der Waals surface area contributed by atoms with Gasteiger partial charge in [0.2, 0.25) is 5.91 Å². The number of nitrogens with one attached hydrogen (secondary N) is 1. The summed E-state index contributed by atoms with van der Waals surface area (Å²) >= 11 is 0. The molecule has 2 unspecified atom stereocenters. The van der Waals surface area contributed by atoms with Crippen molar-refractivity contribution in [2.45, 2.75) is 101 Å². The molecule has 4 bridgehead atoms. The van der Waals surface area contributed by atoms with E-state index < -0.39 is 34.8 Å². The molecule has 5 saturated carbocycles. The summed E-state index contributed by atoms with van der Waals surface area (Å²) in [6.45, 7) is 5.41. The molecule has 30 heavy (non-hydrogen) atoms. The second kappa shape index (κ2) is 6.35. The van der Waals surface area contributed by atoms with Gasteiger partial charge in [-0.3, -0.25) is 4.79 Å². The molecule has 0 spiro atoms. The Balaban J connectivity index is 1.47. The third-order valence-corrected chi connectivity index (χ3v) is 8.10. The van der Waals surface area contributed by atoms with Gasteiger partial charge in [0.15, 0.2) is 0 Å². The van der Waals surface area contributed by atoms with Crippen LogP contribution in [0, 0.1) is 34.5 Å². The van der Waals surface area contributed by atoms with Crippen LogP contribution in [-0.4, -0.2) is 51.3 Å². The van der Waals surface area contributed by atoms with Crippen molar-refractivity contribution in [2.24, 2.45) is 23.2 Å². The van der Waals surface area contributed by atoms with E-state index in [0.29, 0.717) is 24.2 Å². The number of aliphatic hydroxyl groups is 1. The molecule has 6 aliphatic rings. The minimum absolute atomic E-state index is 0.127. The normalized spacial score (nSPS) is 44.2. The van der Waals surface area contributed by atoms with E-state index in [9.17, 15) is 20.0 Å². The number of nitrogens with zero attached hydrogens (tertiary/aromatic N) is 2. The summed E-state index contributed by atoms with van der Waals surface area (Å²) in [5.74, 6) is 1.06. The Hall–Kier alpha value is -1.81. The molecule has 1 saturated heterocycles. The van der Waals surface area contributed by atoms with Gasteiger partial charge in [0.1, 0.15) is 17.7 Å². The van der Waals surface area contributed by atoms with E-state index in [1.54, 1.807) is 25.7 Å². The topological polar surface area (TPSA) is 103 Å². The largest absolute Gasteiger partial charge is 0.444 e. The fourth-order valence-corrected chi connectivity index (χ4v) is 7.56. The van der Waals surface area contributed by atoms with Crippen molar-refractivity contribution in [3.63, 3.8) is 0 Å². The third-order valence-electron chi connectivity index (χ3n) is 8.10. The second-order valence-electron chi connectivity index (χ2n) is 11.8. The molecule has 164 valence electrons. The first-order valence-electron chi connectivity index (χ1n) is 11.4. The van der Waals surface area contributed by atoms with Gasteiger partial charge in [0, 0.05) is 11.5 Å². The van der Waals surface area contributed by atoms with Gasteiger partial charge in [-0.15, -0.1) is 0 Å². The van der Waals surface area contributed by atoms with E-state index in [1.807, 2.05) is 0 Å². The highest BCUT2D eigenvalue weighted by molar-refractivity contribution is 5.88. The van der Waals surface area contributed by atoms with Gasteiger partial charge in [-0.2, -0.15) is 5.26 Å². The molecule has 7 nitrogen and oxygen atoms in total. The minimum Gasteiger partial charge on any atom is -0.444 e. The van der Waals surface area contributed by atoms with E-state index in [-0.39, 0.29) is 11.9 Å². The zero-order valence-corrected chi connectivity index (χ0v) is 18.2. The van der Waals surface area contributed by atoms with Crippen LogP contribution in [0.1, 0.15) is 72.1 Å². The average Bonchev–Trinajstić information content (AvgIpc) is 3.25. The predicted molar refractivity (Wildman–Crippen MR) is 108 cm³/mol. The standard InChI is InChI=1S/C23H33N3O4/c1-21(2,3)30-20(28)25-18(19(27)26-16(11-24)5-15-6-17(15)26)22-7-13-4-14(8-22)10-23(29,9-13)12-22/h13-18,29H,4-10,12H2,1-3H3,(H,25,28)/t13-,14+,15-,16+,17+,18-,22?,23?/m1/s1. The first-order chi connectivity index (χ1) is 14.0. The van der Waals surface area contributed by atoms with E-state index in [2.05, 4.69) is 11.4 Å². The fraction of sp³-hybridized carbons (Fsp3) is 0.870. The van der Waals surface area contributed by atoms with E-state index in [1.165, 1.54) is 0 Å². The summed E-state index contributed by atoms with van der Waals surface area (Å²) in [4.78, 5) is 28.4. The van der Waals surface area contributed by atoms with Crippen molar-refractivity contribution in [2.75, 3.05) is 0 Å². The average molecular weight is 416 g/mol. The van der Waals surface area contributed by atoms with Crippen molar-refractivity contribution in [1.29, 1.82) is 5.26 Å². The quantitative estimate of drug-likeness (QED) is 0.738. The van der Waals surface area contributed by atoms with Crippen LogP contribution in [0.25, 0.3) is 0 Å². The second-order valence-corrected chi connectivity index (χ2v) is 11.8. The Kier molecular flexibility index (Phi) is 4.26. The highest BCUT2D eigenvalue weighted by Crippen LogP contribution is 2.63. The molecular weight excluding hydrogens is 382 g/mol. The number of amides is 2. The van der Waals surface area contributed by atoms with Crippen molar-refractivity contribution >= 4 is 12.0 Å². The lowest BCUT2D eigenvalue weighted by Gasteiger charge is -2.62. The summed E-state index contributed by atoms with van der Waals surface area (Å²) in [5.41, 5.74) is -1.86. The molecule has 0 aromatic heterocycles. The number of ether oxygens (including phenoxy) is 1. The minimum atomic E-state index is -0.750. The molecule has 2 N–H and O–H groups in total. The number of carbonyl (C=O) groups excluding carboxylic acids is 2. The van der Waals surface area contributed by atoms with Gasteiger partial charge in [-0.1, -0.05) is 0 Å². The Morgan fingerprint density at radius 3 is 2.40 bits per heavy atom. The first-order valence-corrected chi connectivity index (χ1v) is 11.4. The third kappa shape index (κ3) is 3.28. The highest BCUT2D eigenvalue weighted by Gasteiger charge is 2.64. The Labute approximate surface area is 178 Å². The molecule has 8 atom stereocenters. The zero-order valence-electron chi connectivity index (χ0n) is 18.2. The van der Waals surface area contributed by atoms with Crippen LogP contribution < -0.4 is 5.32 Å². The maximum Gasteiger partial charge on any atom is 0.408 e. The summed E-state index contributed by atoms with van der Waals surface area (Å²) in [6, 6.07) is 1.26. The monoisotopic (exact) mass is 415 g/mol. The number of alkyl carbamates (subject to hydrolysis) is 1. The van der Waals surface area contributed by atoms with Gasteiger partial charge >= 0.3 is 6.09 Å². The number of piperidine rings is 1. The van der Waals surface area contributed by atoms with Crippen LogP contribution in [-0.2, 0) is 9.53 Å². The van der Waals surface area contributed by atoms with Crippen LogP contribution in [0.3, 0.4) is 0 Å². The Morgan fingerprint density at radius 2 is 1.83 bits per heavy atom. The summed E-state index contributed by atoms with van der Waals surface area (Å²) in [5, 5.41) is 23.8. The van der Waals surface area contributed by atoms with Gasteiger partial charge in [0.25, 0.3) is 0 Å². The molecule has 1 aliphatic heterocycles. The van der Waals surface area contributed by atoms with Crippen molar-refractivity contribution in [3.05, 3.63) is 0 Å². The summed E-state index contributed by atoms with van der Waals surface area (Å²) in [7, 11) is 0.